The van der Waals surface area contributed by atoms with Crippen LogP contribution in [0.3, 0.4) is 0 Å². The van der Waals surface area contributed by atoms with Gasteiger partial charge in [0, 0.05) is 30.4 Å². The van der Waals surface area contributed by atoms with E-state index in [9.17, 15) is 9.59 Å². The first kappa shape index (κ1) is 21.0. The average molecular weight is 424 g/mol. The summed E-state index contributed by atoms with van der Waals surface area (Å²) in [5, 5.41) is 2.91. The molecule has 1 saturated heterocycles. The van der Waals surface area contributed by atoms with E-state index < -0.39 is 0 Å². The largest absolute Gasteiger partial charge is 0.493 e. The van der Waals surface area contributed by atoms with E-state index in [1.807, 2.05) is 11.0 Å². The summed E-state index contributed by atoms with van der Waals surface area (Å²) in [6.07, 6.45) is 4.33. The Hall–Kier alpha value is -3.22. The van der Waals surface area contributed by atoms with E-state index in [2.05, 4.69) is 17.1 Å². The van der Waals surface area contributed by atoms with Gasteiger partial charge in [-0.3, -0.25) is 9.59 Å². The molecule has 0 aromatic heterocycles. The molecule has 2 aromatic rings. The molecule has 2 heterocycles. The molecule has 7 heteroatoms. The number of hydrogen-bond donors (Lipinski definition) is 1. The van der Waals surface area contributed by atoms with Crippen molar-refractivity contribution in [2.24, 2.45) is 0 Å². The number of nitrogens with zero attached hydrogens (tertiary/aromatic N) is 2. The fraction of sp³-hybridized carbons (Fsp3) is 0.417. The fourth-order valence-electron chi connectivity index (χ4n) is 4.56. The first-order valence-electron chi connectivity index (χ1n) is 10.8. The molecule has 0 aliphatic carbocycles. The van der Waals surface area contributed by atoms with Crippen LogP contribution in [0.4, 0.5) is 11.4 Å². The predicted octanol–water partition coefficient (Wildman–Crippen LogP) is 4.14. The first-order chi connectivity index (χ1) is 15.1. The summed E-state index contributed by atoms with van der Waals surface area (Å²) in [6, 6.07) is 10.6. The Morgan fingerprint density at radius 1 is 1.06 bits per heavy atom. The summed E-state index contributed by atoms with van der Waals surface area (Å²) < 4.78 is 10.6. The molecule has 2 amide bonds. The monoisotopic (exact) mass is 423 g/mol. The molecule has 0 spiro atoms. The first-order valence-corrected chi connectivity index (χ1v) is 10.8. The van der Waals surface area contributed by atoms with Gasteiger partial charge in [0.25, 0.3) is 11.8 Å². The van der Waals surface area contributed by atoms with Crippen molar-refractivity contribution in [3.63, 3.8) is 0 Å². The number of amides is 2. The van der Waals surface area contributed by atoms with Crippen molar-refractivity contribution < 1.29 is 19.1 Å². The second kappa shape index (κ2) is 8.88. The van der Waals surface area contributed by atoms with E-state index in [4.69, 9.17) is 9.47 Å². The number of benzene rings is 2. The van der Waals surface area contributed by atoms with Gasteiger partial charge in [-0.25, -0.2) is 0 Å². The van der Waals surface area contributed by atoms with Crippen LogP contribution in [0.25, 0.3) is 0 Å². The minimum absolute atomic E-state index is 0.0664. The topological polar surface area (TPSA) is 71.1 Å². The molecule has 1 unspecified atom stereocenters. The van der Waals surface area contributed by atoms with E-state index in [0.717, 1.165) is 44.5 Å². The molecule has 2 aliphatic rings. The maximum absolute atomic E-state index is 13.1. The Balaban J connectivity index is 1.62. The van der Waals surface area contributed by atoms with Crippen molar-refractivity contribution in [2.45, 2.75) is 38.8 Å². The van der Waals surface area contributed by atoms with Gasteiger partial charge in [0.2, 0.25) is 0 Å². The summed E-state index contributed by atoms with van der Waals surface area (Å²) in [5.74, 6) is 0.974. The standard InChI is InChI=1S/C24H29N3O4/c1-4-26-19-14-16(23(28)25-17-10-12-20(30-2)21(15-17)31-3)9-11-18(19)24(29)27-13-7-5-6-8-22(26)27/h9-12,14-15,22H,4-8,13H2,1-3H3,(H,25,28). The van der Waals surface area contributed by atoms with Gasteiger partial charge in [-0.2, -0.15) is 0 Å². The van der Waals surface area contributed by atoms with Gasteiger partial charge in [0.1, 0.15) is 6.17 Å². The lowest BCUT2D eigenvalue weighted by Crippen LogP contribution is -2.55. The molecule has 1 N–H and O–H groups in total. The quantitative estimate of drug-likeness (QED) is 0.783. The summed E-state index contributed by atoms with van der Waals surface area (Å²) >= 11 is 0. The second-order valence-corrected chi connectivity index (χ2v) is 7.87. The summed E-state index contributed by atoms with van der Waals surface area (Å²) in [5.41, 5.74) is 2.64. The highest BCUT2D eigenvalue weighted by atomic mass is 16.5. The van der Waals surface area contributed by atoms with Crippen LogP contribution in [-0.4, -0.2) is 50.2 Å². The van der Waals surface area contributed by atoms with Crippen LogP contribution in [0.2, 0.25) is 0 Å². The zero-order valence-corrected chi connectivity index (χ0v) is 18.3. The van der Waals surface area contributed by atoms with E-state index in [1.54, 1.807) is 44.6 Å². The third-order valence-electron chi connectivity index (χ3n) is 6.12. The van der Waals surface area contributed by atoms with Crippen LogP contribution in [0.1, 0.15) is 53.3 Å². The molecule has 1 fully saturated rings. The summed E-state index contributed by atoms with van der Waals surface area (Å²) in [7, 11) is 3.12. The molecule has 0 saturated carbocycles. The number of ether oxygens (including phenoxy) is 2. The molecule has 7 nitrogen and oxygen atoms in total. The highest BCUT2D eigenvalue weighted by Gasteiger charge is 2.37. The Morgan fingerprint density at radius 2 is 1.87 bits per heavy atom. The van der Waals surface area contributed by atoms with Crippen molar-refractivity contribution in [1.82, 2.24) is 4.90 Å². The Labute approximate surface area is 182 Å². The van der Waals surface area contributed by atoms with Crippen LogP contribution in [0.15, 0.2) is 36.4 Å². The van der Waals surface area contributed by atoms with Gasteiger partial charge in [0.15, 0.2) is 11.5 Å². The van der Waals surface area contributed by atoms with Crippen LogP contribution in [-0.2, 0) is 0 Å². The van der Waals surface area contributed by atoms with Crippen LogP contribution < -0.4 is 19.7 Å². The van der Waals surface area contributed by atoms with Gasteiger partial charge in [0.05, 0.1) is 25.5 Å². The number of carbonyl (C=O) groups is 2. The molecular weight excluding hydrogens is 394 g/mol. The minimum atomic E-state index is -0.234. The second-order valence-electron chi connectivity index (χ2n) is 7.87. The lowest BCUT2D eigenvalue weighted by molar-refractivity contribution is 0.0656. The van der Waals surface area contributed by atoms with E-state index in [-0.39, 0.29) is 18.0 Å². The number of anilines is 2. The Morgan fingerprint density at radius 3 is 2.61 bits per heavy atom. The maximum Gasteiger partial charge on any atom is 0.257 e. The predicted molar refractivity (Wildman–Crippen MR) is 120 cm³/mol. The lowest BCUT2D eigenvalue weighted by Gasteiger charge is -2.44. The third-order valence-corrected chi connectivity index (χ3v) is 6.12. The van der Waals surface area contributed by atoms with Crippen molar-refractivity contribution in [3.05, 3.63) is 47.5 Å². The van der Waals surface area contributed by atoms with Crippen LogP contribution in [0.5, 0.6) is 11.5 Å². The summed E-state index contributed by atoms with van der Waals surface area (Å²) in [4.78, 5) is 30.4. The molecule has 0 radical (unpaired) electrons. The van der Waals surface area contributed by atoms with Gasteiger partial charge >= 0.3 is 0 Å². The SMILES string of the molecule is CCN1c2cc(C(=O)Nc3ccc(OC)c(OC)c3)ccc2C(=O)N2CCCCCC21. The normalized spacial score (nSPS) is 18.0. The molecule has 164 valence electrons. The van der Waals surface area contributed by atoms with E-state index in [0.29, 0.717) is 28.3 Å². The van der Waals surface area contributed by atoms with Crippen molar-refractivity contribution in [2.75, 3.05) is 37.5 Å². The number of fused-ring (bicyclic) bond motifs is 2. The van der Waals surface area contributed by atoms with E-state index in [1.165, 1.54) is 0 Å². The minimum Gasteiger partial charge on any atom is -0.493 e. The average Bonchev–Trinajstić information content (AvgIpc) is 3.05. The molecule has 1 atom stereocenters. The highest BCUT2D eigenvalue weighted by molar-refractivity contribution is 6.08. The zero-order valence-electron chi connectivity index (χ0n) is 18.3. The van der Waals surface area contributed by atoms with Gasteiger partial charge in [-0.15, -0.1) is 0 Å². The van der Waals surface area contributed by atoms with Crippen molar-refractivity contribution >= 4 is 23.2 Å². The molecule has 4 rings (SSSR count). The fourth-order valence-corrected chi connectivity index (χ4v) is 4.56. The highest BCUT2D eigenvalue weighted by Crippen LogP contribution is 2.36. The van der Waals surface area contributed by atoms with E-state index >= 15 is 0 Å². The Bertz CT molecular complexity index is 991. The molecular formula is C24H29N3O4. The summed E-state index contributed by atoms with van der Waals surface area (Å²) in [6.45, 7) is 3.67. The van der Waals surface area contributed by atoms with Gasteiger partial charge in [-0.05, 0) is 56.5 Å². The molecule has 31 heavy (non-hydrogen) atoms. The number of rotatable bonds is 5. The zero-order chi connectivity index (χ0) is 22.0. The number of carbonyl (C=O) groups excluding carboxylic acids is 2. The van der Waals surface area contributed by atoms with Crippen molar-refractivity contribution in [1.29, 1.82) is 0 Å². The molecule has 2 aromatic carbocycles. The third kappa shape index (κ3) is 3.92. The van der Waals surface area contributed by atoms with Crippen LogP contribution >= 0.6 is 0 Å². The number of methoxy groups -OCH3 is 2. The van der Waals surface area contributed by atoms with Crippen LogP contribution in [0, 0.1) is 0 Å². The molecule has 2 aliphatic heterocycles. The number of hydrogen-bond acceptors (Lipinski definition) is 5. The van der Waals surface area contributed by atoms with Gasteiger partial charge < -0.3 is 24.6 Å². The molecule has 0 bridgehead atoms. The lowest BCUT2D eigenvalue weighted by atomic mass is 10.0. The van der Waals surface area contributed by atoms with Gasteiger partial charge in [-0.1, -0.05) is 6.42 Å². The smallest absolute Gasteiger partial charge is 0.257 e. The Kier molecular flexibility index (Phi) is 6.02. The van der Waals surface area contributed by atoms with Crippen molar-refractivity contribution in [3.8, 4) is 11.5 Å². The number of nitrogens with one attached hydrogen (secondary N) is 1. The maximum atomic E-state index is 13.1.